The van der Waals surface area contributed by atoms with E-state index >= 15 is 0 Å². The molecule has 3 heterocycles. The zero-order valence-corrected chi connectivity index (χ0v) is 32.5. The maximum Gasteiger partial charge on any atom is 0.450 e. The minimum atomic E-state index is -4.68. The molecule has 0 saturated heterocycles. The quantitative estimate of drug-likeness (QED) is 0.118. The Morgan fingerprint density at radius 1 is 1.00 bits per heavy atom. The van der Waals surface area contributed by atoms with Crippen LogP contribution in [-0.4, -0.2) is 46.3 Å². The number of benzene rings is 2. The molecule has 46 heavy (non-hydrogen) atoms. The molecule has 246 valence electrons. The highest BCUT2D eigenvalue weighted by Crippen LogP contribution is 2.36. The highest BCUT2D eigenvalue weighted by Gasteiger charge is 2.37. The number of nitrogens with two attached hydrogens (primary N) is 1. The minimum absolute atomic E-state index is 0.331. The summed E-state index contributed by atoms with van der Waals surface area (Å²) in [6.07, 6.45) is -4.68. The number of carbonyl (C=O) groups is 1. The molecule has 1 unspecified atom stereocenters. The largest absolute Gasteiger partial charge is 0.450 e. The van der Waals surface area contributed by atoms with Crippen molar-refractivity contribution in [1.82, 2.24) is 0 Å². The van der Waals surface area contributed by atoms with Gasteiger partial charge in [-0.05, 0) is 99.4 Å². The zero-order chi connectivity index (χ0) is 34.4. The molecule has 4 aromatic rings. The smallest absolute Gasteiger partial charge is 0.383 e. The molecule has 0 saturated carbocycles. The Balaban J connectivity index is 0.000000207. The SMILES string of the molecule is CC1(O)CN(c2cc(Cl)ccc2Cl)C(c2ccc(Br)s2)=N1.NC(=Nc1cc(Cl)ccc1Cl)c1ccc(Br)s1.O=C(CBr)C(F)(F)F. The van der Waals surface area contributed by atoms with Crippen LogP contribution in [0.3, 0.4) is 0 Å². The first-order chi connectivity index (χ1) is 21.4. The van der Waals surface area contributed by atoms with Crippen molar-refractivity contribution in [3.8, 4) is 0 Å². The maximum atomic E-state index is 11.1. The second-order valence-electron chi connectivity index (χ2n) is 9.19. The Bertz CT molecular complexity index is 1770. The van der Waals surface area contributed by atoms with Gasteiger partial charge in [0.2, 0.25) is 5.78 Å². The summed E-state index contributed by atoms with van der Waals surface area (Å²) in [5.41, 5.74) is 6.05. The van der Waals surface area contributed by atoms with Gasteiger partial charge in [-0.15, -0.1) is 22.7 Å². The van der Waals surface area contributed by atoms with Crippen molar-refractivity contribution in [3.05, 3.63) is 98.1 Å². The number of halogens is 10. The molecule has 2 aromatic heterocycles. The Morgan fingerprint density at radius 3 is 2.11 bits per heavy atom. The van der Waals surface area contributed by atoms with Crippen molar-refractivity contribution in [2.45, 2.75) is 18.8 Å². The predicted octanol–water partition coefficient (Wildman–Crippen LogP) is 11.2. The summed E-state index contributed by atoms with van der Waals surface area (Å²) in [6.45, 7) is 2.01. The van der Waals surface area contributed by atoms with E-state index in [1.807, 2.05) is 29.2 Å². The lowest BCUT2D eigenvalue weighted by molar-refractivity contribution is -0.167. The van der Waals surface area contributed by atoms with E-state index in [1.165, 1.54) is 11.3 Å². The van der Waals surface area contributed by atoms with Crippen molar-refractivity contribution >= 4 is 146 Å². The molecule has 0 spiro atoms. The topological polar surface area (TPSA) is 91.3 Å². The van der Waals surface area contributed by atoms with Gasteiger partial charge in [0.25, 0.3) is 0 Å². The number of aliphatic imine (C=N–C) groups is 2. The van der Waals surface area contributed by atoms with Crippen LogP contribution in [0.4, 0.5) is 24.5 Å². The number of alkyl halides is 4. The van der Waals surface area contributed by atoms with Crippen LogP contribution in [-0.2, 0) is 4.79 Å². The standard InChI is InChI=1S/C14H11BrCl2N2OS.C11H7BrCl2N2S.C3H2BrF3O/c1-14(20)7-19(10-6-8(16)2-3-9(10)17)13(18-14)11-4-5-12(15)21-11;12-10-4-3-9(17-10)11(15)16-8-5-6(13)1-2-7(8)14;4-1-2(8)3(5,6)7/h2-6,20H,7H2,1H3;1-5H,(H2,15,16);1H2. The number of carbonyl (C=O) groups excluding carboxylic acids is 1. The number of rotatable bonds is 5. The van der Waals surface area contributed by atoms with Crippen LogP contribution in [0.25, 0.3) is 0 Å². The van der Waals surface area contributed by atoms with E-state index in [1.54, 1.807) is 54.7 Å². The third-order valence-electron chi connectivity index (χ3n) is 5.46. The second-order valence-corrected chi connectivity index (χ2v) is 16.4. The van der Waals surface area contributed by atoms with Gasteiger partial charge in [-0.25, -0.2) is 9.98 Å². The zero-order valence-electron chi connectivity index (χ0n) is 23.1. The highest BCUT2D eigenvalue weighted by molar-refractivity contribution is 9.11. The number of aliphatic hydroxyl groups is 1. The van der Waals surface area contributed by atoms with Crippen molar-refractivity contribution in [2.24, 2.45) is 15.7 Å². The summed E-state index contributed by atoms with van der Waals surface area (Å²) in [7, 11) is 0. The number of thiophene rings is 2. The van der Waals surface area contributed by atoms with E-state index in [9.17, 15) is 23.1 Å². The molecule has 0 bridgehead atoms. The van der Waals surface area contributed by atoms with Gasteiger partial charge in [-0.2, -0.15) is 13.2 Å². The van der Waals surface area contributed by atoms with Gasteiger partial charge in [0.05, 0.1) is 50.6 Å². The van der Waals surface area contributed by atoms with Crippen LogP contribution >= 0.6 is 117 Å². The van der Waals surface area contributed by atoms with Gasteiger partial charge in [0.1, 0.15) is 11.7 Å². The fraction of sp³-hybridized carbons (Fsp3) is 0.179. The first kappa shape index (κ1) is 39.2. The lowest BCUT2D eigenvalue weighted by Gasteiger charge is -2.23. The summed E-state index contributed by atoms with van der Waals surface area (Å²) in [4.78, 5) is 22.1. The van der Waals surface area contributed by atoms with Gasteiger partial charge in [0, 0.05) is 10.0 Å². The van der Waals surface area contributed by atoms with Gasteiger partial charge in [0.15, 0.2) is 5.72 Å². The maximum absolute atomic E-state index is 11.1. The third kappa shape index (κ3) is 11.5. The second kappa shape index (κ2) is 17.0. The Kier molecular flexibility index (Phi) is 14.5. The fourth-order valence-electron chi connectivity index (χ4n) is 3.50. The van der Waals surface area contributed by atoms with Crippen molar-refractivity contribution < 1.29 is 23.1 Å². The number of hydrogen-bond acceptors (Lipinski definition) is 7. The molecule has 3 N–H and O–H groups in total. The average Bonchev–Trinajstić information content (AvgIpc) is 3.69. The lowest BCUT2D eigenvalue weighted by atomic mass is 10.2. The van der Waals surface area contributed by atoms with Crippen LogP contribution in [0.5, 0.6) is 0 Å². The highest BCUT2D eigenvalue weighted by atomic mass is 79.9. The number of amidine groups is 2. The van der Waals surface area contributed by atoms with Crippen LogP contribution in [0, 0.1) is 0 Å². The van der Waals surface area contributed by atoms with E-state index < -0.39 is 23.0 Å². The summed E-state index contributed by atoms with van der Waals surface area (Å²) < 4.78 is 35.2. The van der Waals surface area contributed by atoms with E-state index in [0.29, 0.717) is 44.0 Å². The van der Waals surface area contributed by atoms with Crippen molar-refractivity contribution in [3.63, 3.8) is 0 Å². The minimum Gasteiger partial charge on any atom is -0.383 e. The summed E-state index contributed by atoms with van der Waals surface area (Å²) in [6, 6.07) is 18.1. The third-order valence-corrected chi connectivity index (χ3v) is 10.3. The first-order valence-corrected chi connectivity index (χ1v) is 18.3. The molecule has 18 heteroatoms. The Labute approximate surface area is 315 Å². The van der Waals surface area contributed by atoms with Crippen LogP contribution in [0.2, 0.25) is 20.1 Å². The number of anilines is 1. The van der Waals surface area contributed by atoms with Crippen LogP contribution < -0.4 is 10.6 Å². The molecule has 2 aromatic carbocycles. The summed E-state index contributed by atoms with van der Waals surface area (Å²) in [5, 5.41) is 11.9. The molecule has 0 amide bonds. The van der Waals surface area contributed by atoms with E-state index in [0.717, 1.165) is 23.0 Å². The predicted molar refractivity (Wildman–Crippen MR) is 197 cm³/mol. The number of ketones is 1. The number of hydrogen-bond donors (Lipinski definition) is 2. The van der Waals surface area contributed by atoms with Crippen LogP contribution in [0.15, 0.2) is 78.2 Å². The molecule has 0 aliphatic carbocycles. The van der Waals surface area contributed by atoms with E-state index in [4.69, 9.17) is 52.1 Å². The number of Topliss-reactive ketones (excluding diaryl/α,β-unsaturated/α-hetero) is 1. The molecule has 1 aliphatic heterocycles. The summed E-state index contributed by atoms with van der Waals surface area (Å²) >= 11 is 36.5. The van der Waals surface area contributed by atoms with Crippen LogP contribution in [0.1, 0.15) is 16.7 Å². The number of β-amino-alcohol motifs (C(OH)–C–C–N with tert-alkyl or cyclic N) is 1. The van der Waals surface area contributed by atoms with Crippen molar-refractivity contribution in [2.75, 3.05) is 16.8 Å². The Hall–Kier alpha value is -1.20. The van der Waals surface area contributed by atoms with Gasteiger partial charge in [-0.3, -0.25) is 4.79 Å². The van der Waals surface area contributed by atoms with Gasteiger partial charge >= 0.3 is 6.18 Å². The van der Waals surface area contributed by atoms with E-state index in [2.05, 4.69) is 57.8 Å². The molecular formula is C28H20Br3Cl4F3N4O2S2. The first-order valence-electron chi connectivity index (χ1n) is 12.4. The molecule has 0 fully saturated rings. The Morgan fingerprint density at radius 2 is 1.59 bits per heavy atom. The summed E-state index contributed by atoms with van der Waals surface area (Å²) in [5.74, 6) is -0.637. The molecular weight excluding hydrogens is 927 g/mol. The van der Waals surface area contributed by atoms with Crippen molar-refractivity contribution in [1.29, 1.82) is 0 Å². The lowest BCUT2D eigenvalue weighted by Crippen LogP contribution is -2.34. The molecule has 0 radical (unpaired) electrons. The fourth-order valence-corrected chi connectivity index (χ4v) is 7.20. The van der Waals surface area contributed by atoms with Gasteiger partial charge in [-0.1, -0.05) is 62.3 Å². The molecule has 1 aliphatic rings. The molecule has 5 rings (SSSR count). The normalized spacial score (nSPS) is 16.3. The number of nitrogens with zero attached hydrogens (tertiary/aromatic N) is 3. The van der Waals surface area contributed by atoms with E-state index in [-0.39, 0.29) is 0 Å². The van der Waals surface area contributed by atoms with Gasteiger partial charge < -0.3 is 15.7 Å². The molecule has 6 nitrogen and oxygen atoms in total. The average molecular weight is 947 g/mol. The monoisotopic (exact) mass is 942 g/mol. The molecule has 1 atom stereocenters.